The van der Waals surface area contributed by atoms with Gasteiger partial charge in [0.15, 0.2) is 0 Å². The van der Waals surface area contributed by atoms with E-state index in [1.165, 1.54) is 0 Å². The fraction of sp³-hybridized carbons (Fsp3) is 0.625. The SMILES string of the molecule is CC1CN(c2n[nH]c(=O)[nH]c2=O)CC1N. The van der Waals surface area contributed by atoms with Gasteiger partial charge in [-0.15, -0.1) is 5.10 Å². The third-order valence-corrected chi connectivity index (χ3v) is 2.66. The lowest BCUT2D eigenvalue weighted by atomic mass is 10.1. The van der Waals surface area contributed by atoms with Gasteiger partial charge in [0.05, 0.1) is 0 Å². The first kappa shape index (κ1) is 9.91. The third kappa shape index (κ3) is 1.78. The average molecular weight is 211 g/mol. The maximum Gasteiger partial charge on any atom is 0.342 e. The second kappa shape index (κ2) is 3.50. The molecule has 7 nitrogen and oxygen atoms in total. The van der Waals surface area contributed by atoms with E-state index in [0.717, 1.165) is 0 Å². The molecule has 15 heavy (non-hydrogen) atoms. The highest BCUT2D eigenvalue weighted by atomic mass is 16.2. The molecular weight excluding hydrogens is 198 g/mol. The molecule has 4 N–H and O–H groups in total. The van der Waals surface area contributed by atoms with Crippen LogP contribution in [0.15, 0.2) is 9.59 Å². The Bertz CT molecular complexity index is 455. The van der Waals surface area contributed by atoms with Crippen molar-refractivity contribution < 1.29 is 0 Å². The summed E-state index contributed by atoms with van der Waals surface area (Å²) in [5.74, 6) is 0.549. The predicted octanol–water partition coefficient (Wildman–Crippen LogP) is -1.76. The van der Waals surface area contributed by atoms with E-state index in [9.17, 15) is 9.59 Å². The number of nitrogens with zero attached hydrogens (tertiary/aromatic N) is 2. The van der Waals surface area contributed by atoms with E-state index in [4.69, 9.17) is 5.73 Å². The molecule has 0 saturated carbocycles. The van der Waals surface area contributed by atoms with Gasteiger partial charge in [-0.2, -0.15) is 0 Å². The summed E-state index contributed by atoms with van der Waals surface area (Å²) in [4.78, 5) is 26.1. The van der Waals surface area contributed by atoms with Crippen LogP contribution in [0.1, 0.15) is 6.92 Å². The highest BCUT2D eigenvalue weighted by Crippen LogP contribution is 2.17. The van der Waals surface area contributed by atoms with Gasteiger partial charge in [-0.05, 0) is 5.92 Å². The Balaban J connectivity index is 2.32. The molecule has 82 valence electrons. The van der Waals surface area contributed by atoms with Gasteiger partial charge in [0.25, 0.3) is 5.56 Å². The summed E-state index contributed by atoms with van der Waals surface area (Å²) in [6.45, 7) is 3.29. The Kier molecular flexibility index (Phi) is 2.31. The van der Waals surface area contributed by atoms with Crippen molar-refractivity contribution >= 4 is 5.82 Å². The summed E-state index contributed by atoms with van der Waals surface area (Å²) in [7, 11) is 0. The second-order valence-electron chi connectivity index (χ2n) is 3.88. The predicted molar refractivity (Wildman–Crippen MR) is 54.8 cm³/mol. The number of aromatic amines is 2. The fourth-order valence-corrected chi connectivity index (χ4v) is 1.72. The van der Waals surface area contributed by atoms with Crippen LogP contribution < -0.4 is 21.9 Å². The zero-order valence-corrected chi connectivity index (χ0v) is 8.36. The van der Waals surface area contributed by atoms with Crippen LogP contribution in [-0.2, 0) is 0 Å². The van der Waals surface area contributed by atoms with E-state index in [1.807, 2.05) is 6.92 Å². The molecule has 2 heterocycles. The summed E-state index contributed by atoms with van der Waals surface area (Å²) < 4.78 is 0. The first-order valence-corrected chi connectivity index (χ1v) is 4.77. The van der Waals surface area contributed by atoms with Crippen molar-refractivity contribution in [2.75, 3.05) is 18.0 Å². The van der Waals surface area contributed by atoms with Gasteiger partial charge < -0.3 is 10.6 Å². The molecule has 0 amide bonds. The standard InChI is InChI=1S/C8H13N5O2/c1-4-2-13(3-5(4)9)6-7(14)10-8(15)12-11-6/h4-5H,2-3,9H2,1H3,(H2,10,12,14,15). The van der Waals surface area contributed by atoms with Gasteiger partial charge >= 0.3 is 5.69 Å². The number of nitrogens with two attached hydrogens (primary N) is 1. The van der Waals surface area contributed by atoms with Crippen molar-refractivity contribution in [1.82, 2.24) is 15.2 Å². The molecule has 2 unspecified atom stereocenters. The van der Waals surface area contributed by atoms with E-state index in [-0.39, 0.29) is 11.9 Å². The topological polar surface area (TPSA) is 108 Å². The molecule has 0 bridgehead atoms. The zero-order valence-electron chi connectivity index (χ0n) is 8.36. The number of hydrogen-bond acceptors (Lipinski definition) is 5. The van der Waals surface area contributed by atoms with Crippen LogP contribution in [0.25, 0.3) is 0 Å². The average Bonchev–Trinajstić information content (AvgIpc) is 2.46. The first-order chi connectivity index (χ1) is 7.08. The van der Waals surface area contributed by atoms with Gasteiger partial charge in [0.1, 0.15) is 0 Å². The van der Waals surface area contributed by atoms with E-state index in [0.29, 0.717) is 19.0 Å². The normalized spacial score (nSPS) is 25.9. The van der Waals surface area contributed by atoms with Gasteiger partial charge in [0.2, 0.25) is 5.82 Å². The highest BCUT2D eigenvalue weighted by Gasteiger charge is 2.28. The van der Waals surface area contributed by atoms with Crippen molar-refractivity contribution in [2.24, 2.45) is 11.7 Å². The van der Waals surface area contributed by atoms with Crippen molar-refractivity contribution in [3.63, 3.8) is 0 Å². The van der Waals surface area contributed by atoms with Crippen LogP contribution in [0, 0.1) is 5.92 Å². The van der Waals surface area contributed by atoms with E-state index in [2.05, 4.69) is 15.2 Å². The Labute approximate surface area is 85.3 Å². The number of anilines is 1. The molecule has 2 rings (SSSR count). The summed E-state index contributed by atoms with van der Waals surface area (Å²) in [6.07, 6.45) is 0. The summed E-state index contributed by atoms with van der Waals surface area (Å²) >= 11 is 0. The molecule has 1 fully saturated rings. The summed E-state index contributed by atoms with van der Waals surface area (Å²) in [6, 6.07) is 0.0399. The fourth-order valence-electron chi connectivity index (χ4n) is 1.72. The second-order valence-corrected chi connectivity index (χ2v) is 3.88. The van der Waals surface area contributed by atoms with Crippen molar-refractivity contribution in [3.05, 3.63) is 20.8 Å². The van der Waals surface area contributed by atoms with Gasteiger partial charge in [-0.25, -0.2) is 9.89 Å². The smallest absolute Gasteiger partial charge is 0.342 e. The van der Waals surface area contributed by atoms with Gasteiger partial charge in [-0.1, -0.05) is 6.92 Å². The van der Waals surface area contributed by atoms with Crippen LogP contribution in [0.2, 0.25) is 0 Å². The van der Waals surface area contributed by atoms with Gasteiger partial charge in [-0.3, -0.25) is 9.78 Å². The quantitative estimate of drug-likeness (QED) is 0.510. The molecular formula is C8H13N5O2. The monoisotopic (exact) mass is 211 g/mol. The van der Waals surface area contributed by atoms with E-state index in [1.54, 1.807) is 4.90 Å². The third-order valence-electron chi connectivity index (χ3n) is 2.66. The molecule has 2 atom stereocenters. The number of aromatic nitrogens is 3. The first-order valence-electron chi connectivity index (χ1n) is 4.77. The summed E-state index contributed by atoms with van der Waals surface area (Å²) in [5, 5.41) is 5.92. The Hall–Kier alpha value is -1.63. The molecule has 1 aliphatic heterocycles. The Morgan fingerprint density at radius 2 is 2.20 bits per heavy atom. The largest absolute Gasteiger partial charge is 0.349 e. The minimum atomic E-state index is -0.597. The Morgan fingerprint density at radius 1 is 1.47 bits per heavy atom. The lowest BCUT2D eigenvalue weighted by Crippen LogP contribution is -2.34. The molecule has 1 aromatic rings. The molecule has 0 radical (unpaired) electrons. The maximum atomic E-state index is 11.4. The van der Waals surface area contributed by atoms with Crippen molar-refractivity contribution in [1.29, 1.82) is 0 Å². The molecule has 0 aromatic carbocycles. The molecule has 1 aliphatic rings. The van der Waals surface area contributed by atoms with Gasteiger partial charge in [0, 0.05) is 19.1 Å². The van der Waals surface area contributed by atoms with Crippen LogP contribution in [0.5, 0.6) is 0 Å². The van der Waals surface area contributed by atoms with E-state index >= 15 is 0 Å². The lowest BCUT2D eigenvalue weighted by molar-refractivity contribution is 0.565. The maximum absolute atomic E-state index is 11.4. The van der Waals surface area contributed by atoms with Crippen LogP contribution in [0.3, 0.4) is 0 Å². The van der Waals surface area contributed by atoms with Crippen LogP contribution >= 0.6 is 0 Å². The van der Waals surface area contributed by atoms with Crippen LogP contribution in [-0.4, -0.2) is 34.3 Å². The number of rotatable bonds is 1. The number of nitrogens with one attached hydrogen (secondary N) is 2. The molecule has 0 aliphatic carbocycles. The number of H-pyrrole nitrogens is 2. The molecule has 1 saturated heterocycles. The number of hydrogen-bond donors (Lipinski definition) is 3. The van der Waals surface area contributed by atoms with Crippen molar-refractivity contribution in [3.8, 4) is 0 Å². The molecule has 0 spiro atoms. The zero-order chi connectivity index (χ0) is 11.0. The molecule has 7 heteroatoms. The minimum absolute atomic E-state index is 0.0399. The molecule has 1 aromatic heterocycles. The van der Waals surface area contributed by atoms with Crippen LogP contribution in [0.4, 0.5) is 5.82 Å². The highest BCUT2D eigenvalue weighted by molar-refractivity contribution is 5.36. The lowest BCUT2D eigenvalue weighted by Gasteiger charge is -2.14. The summed E-state index contributed by atoms with van der Waals surface area (Å²) in [5.41, 5.74) is 4.76. The minimum Gasteiger partial charge on any atom is -0.349 e. The van der Waals surface area contributed by atoms with E-state index < -0.39 is 11.2 Å². The Morgan fingerprint density at radius 3 is 2.73 bits per heavy atom. The van der Waals surface area contributed by atoms with Crippen molar-refractivity contribution in [2.45, 2.75) is 13.0 Å².